The average molecular weight is 536 g/mol. The number of halogens is 1. The minimum atomic E-state index is -0.262. The van der Waals surface area contributed by atoms with Crippen molar-refractivity contribution in [2.45, 2.75) is 19.0 Å². The fraction of sp³-hybridized carbons (Fsp3) is 0.185. The summed E-state index contributed by atoms with van der Waals surface area (Å²) in [5, 5.41) is 14.2. The summed E-state index contributed by atoms with van der Waals surface area (Å²) in [6, 6.07) is 22.5. The zero-order valence-electron chi connectivity index (χ0n) is 20.6. The molecule has 0 saturated heterocycles. The summed E-state index contributed by atoms with van der Waals surface area (Å²) >= 11 is 7.34. The second-order valence-electron chi connectivity index (χ2n) is 7.83. The van der Waals surface area contributed by atoms with E-state index in [0.29, 0.717) is 28.3 Å². The van der Waals surface area contributed by atoms with Crippen LogP contribution in [-0.4, -0.2) is 45.9 Å². The van der Waals surface area contributed by atoms with Crippen LogP contribution in [0.25, 0.3) is 17.1 Å². The van der Waals surface area contributed by atoms with Gasteiger partial charge in [0.2, 0.25) is 0 Å². The molecule has 1 amide bonds. The third-order valence-corrected chi connectivity index (χ3v) is 6.49. The first-order chi connectivity index (χ1) is 18.0. The van der Waals surface area contributed by atoms with Gasteiger partial charge in [-0.15, -0.1) is 10.2 Å². The Morgan fingerprint density at radius 3 is 2.51 bits per heavy atom. The highest BCUT2D eigenvalue weighted by molar-refractivity contribution is 7.99. The van der Waals surface area contributed by atoms with Crippen LogP contribution in [-0.2, 0) is 4.79 Å². The van der Waals surface area contributed by atoms with E-state index in [9.17, 15) is 4.79 Å². The highest BCUT2D eigenvalue weighted by Gasteiger charge is 2.17. The van der Waals surface area contributed by atoms with Crippen LogP contribution in [0.3, 0.4) is 0 Å². The number of hydrogen-bond acceptors (Lipinski definition) is 7. The van der Waals surface area contributed by atoms with Gasteiger partial charge in [0, 0.05) is 21.8 Å². The number of benzene rings is 3. The van der Waals surface area contributed by atoms with Crippen molar-refractivity contribution >= 4 is 35.0 Å². The smallest absolute Gasteiger partial charge is 0.250 e. The number of methoxy groups -OCH3 is 1. The third kappa shape index (κ3) is 6.69. The molecule has 1 N–H and O–H groups in total. The molecule has 0 bridgehead atoms. The molecule has 4 rings (SSSR count). The number of hydrazone groups is 1. The first kappa shape index (κ1) is 26.2. The summed E-state index contributed by atoms with van der Waals surface area (Å²) < 4.78 is 12.7. The molecule has 37 heavy (non-hydrogen) atoms. The Balaban J connectivity index is 1.53. The van der Waals surface area contributed by atoms with Crippen molar-refractivity contribution in [2.24, 2.45) is 5.10 Å². The number of nitrogens with zero attached hydrogens (tertiary/aromatic N) is 4. The lowest BCUT2D eigenvalue weighted by atomic mass is 10.1. The second kappa shape index (κ2) is 12.4. The zero-order valence-corrected chi connectivity index (χ0v) is 22.2. The average Bonchev–Trinajstić information content (AvgIpc) is 3.35. The van der Waals surface area contributed by atoms with Crippen LogP contribution >= 0.6 is 23.4 Å². The molecule has 0 aliphatic carbocycles. The Morgan fingerprint density at radius 2 is 1.81 bits per heavy atom. The van der Waals surface area contributed by atoms with Gasteiger partial charge in [-0.2, -0.15) is 5.10 Å². The summed E-state index contributed by atoms with van der Waals surface area (Å²) in [6.45, 7) is 4.34. The molecule has 0 aliphatic rings. The number of rotatable bonds is 10. The molecule has 0 radical (unpaired) electrons. The van der Waals surface area contributed by atoms with Crippen molar-refractivity contribution in [3.63, 3.8) is 0 Å². The Labute approximate surface area is 224 Å². The molecule has 0 spiro atoms. The number of nitrogens with one attached hydrogen (secondary N) is 1. The number of thioether (sulfide) groups is 1. The van der Waals surface area contributed by atoms with E-state index in [1.807, 2.05) is 79.1 Å². The van der Waals surface area contributed by atoms with Crippen molar-refractivity contribution in [3.8, 4) is 28.6 Å². The van der Waals surface area contributed by atoms with Crippen molar-refractivity contribution in [3.05, 3.63) is 83.4 Å². The summed E-state index contributed by atoms with van der Waals surface area (Å²) in [4.78, 5) is 12.6. The molecule has 190 valence electrons. The first-order valence-corrected chi connectivity index (χ1v) is 12.9. The molecule has 3 aromatic carbocycles. The summed E-state index contributed by atoms with van der Waals surface area (Å²) in [6.07, 6.45) is 0. The standard InChI is InChI=1S/C27H26ClN5O3S/c1-4-36-23-14-12-22(13-15-23)33-26(19-8-10-21(28)11-9-19)31-32-27(33)37-17-25(34)30-29-18(2)20-6-5-7-24(16-20)35-3/h5-16H,4,17H2,1-3H3,(H,30,34)/b29-18+. The Kier molecular flexibility index (Phi) is 8.81. The van der Waals surface area contributed by atoms with Gasteiger partial charge in [0.1, 0.15) is 11.5 Å². The molecular formula is C27H26ClN5O3S. The quantitative estimate of drug-likeness (QED) is 0.161. The number of carbonyl (C=O) groups excluding carboxylic acids is 1. The number of amides is 1. The monoisotopic (exact) mass is 535 g/mol. The molecule has 0 saturated carbocycles. The Morgan fingerprint density at radius 1 is 1.05 bits per heavy atom. The van der Waals surface area contributed by atoms with Crippen molar-refractivity contribution in [2.75, 3.05) is 19.5 Å². The lowest BCUT2D eigenvalue weighted by molar-refractivity contribution is -0.118. The summed E-state index contributed by atoms with van der Waals surface area (Å²) in [7, 11) is 1.61. The van der Waals surface area contributed by atoms with E-state index in [-0.39, 0.29) is 11.7 Å². The number of hydrogen-bond donors (Lipinski definition) is 1. The number of aromatic nitrogens is 3. The highest BCUT2D eigenvalue weighted by atomic mass is 35.5. The van der Waals surface area contributed by atoms with E-state index in [2.05, 4.69) is 20.7 Å². The van der Waals surface area contributed by atoms with Crippen LogP contribution in [0, 0.1) is 0 Å². The van der Waals surface area contributed by atoms with Gasteiger partial charge in [0.05, 0.1) is 25.2 Å². The molecule has 10 heteroatoms. The molecule has 0 unspecified atom stereocenters. The molecule has 1 heterocycles. The van der Waals surface area contributed by atoms with Gasteiger partial charge in [-0.25, -0.2) is 5.43 Å². The second-order valence-corrected chi connectivity index (χ2v) is 9.21. The summed E-state index contributed by atoms with van der Waals surface area (Å²) in [5.41, 5.74) is 5.82. The molecular weight excluding hydrogens is 510 g/mol. The minimum absolute atomic E-state index is 0.102. The maximum Gasteiger partial charge on any atom is 0.250 e. The zero-order chi connectivity index (χ0) is 26.2. The van der Waals surface area contributed by atoms with Crippen LogP contribution in [0.5, 0.6) is 11.5 Å². The Bertz CT molecular complexity index is 1390. The van der Waals surface area contributed by atoms with Crippen LogP contribution in [0.1, 0.15) is 19.4 Å². The topological polar surface area (TPSA) is 90.6 Å². The first-order valence-electron chi connectivity index (χ1n) is 11.5. The fourth-order valence-corrected chi connectivity index (χ4v) is 4.33. The van der Waals surface area contributed by atoms with Gasteiger partial charge in [-0.3, -0.25) is 9.36 Å². The van der Waals surface area contributed by atoms with Gasteiger partial charge in [0.25, 0.3) is 5.91 Å². The van der Waals surface area contributed by atoms with Crippen molar-refractivity contribution in [1.82, 2.24) is 20.2 Å². The van der Waals surface area contributed by atoms with E-state index in [1.54, 1.807) is 19.2 Å². The molecule has 4 aromatic rings. The predicted octanol–water partition coefficient (Wildman–Crippen LogP) is 5.63. The van der Waals surface area contributed by atoms with E-state index in [1.165, 1.54) is 11.8 Å². The minimum Gasteiger partial charge on any atom is -0.497 e. The fourth-order valence-electron chi connectivity index (χ4n) is 3.46. The molecule has 1 aromatic heterocycles. The van der Waals surface area contributed by atoms with Gasteiger partial charge in [0.15, 0.2) is 11.0 Å². The summed E-state index contributed by atoms with van der Waals surface area (Å²) in [5.74, 6) is 1.96. The van der Waals surface area contributed by atoms with E-state index in [4.69, 9.17) is 21.1 Å². The van der Waals surface area contributed by atoms with Gasteiger partial charge < -0.3 is 9.47 Å². The number of ether oxygens (including phenoxy) is 2. The van der Waals surface area contributed by atoms with Crippen molar-refractivity contribution in [1.29, 1.82) is 0 Å². The molecule has 0 atom stereocenters. The van der Waals surface area contributed by atoms with Crippen LogP contribution in [0.2, 0.25) is 5.02 Å². The van der Waals surface area contributed by atoms with Gasteiger partial charge >= 0.3 is 0 Å². The largest absolute Gasteiger partial charge is 0.497 e. The molecule has 0 fully saturated rings. The lowest BCUT2D eigenvalue weighted by Gasteiger charge is -2.11. The van der Waals surface area contributed by atoms with Crippen LogP contribution in [0.4, 0.5) is 0 Å². The normalized spacial score (nSPS) is 11.3. The van der Waals surface area contributed by atoms with Gasteiger partial charge in [-0.05, 0) is 74.5 Å². The van der Waals surface area contributed by atoms with E-state index in [0.717, 1.165) is 28.3 Å². The van der Waals surface area contributed by atoms with Crippen LogP contribution in [0.15, 0.2) is 83.1 Å². The Hall–Kier alpha value is -3.82. The number of carbonyl (C=O) groups is 1. The third-order valence-electron chi connectivity index (χ3n) is 5.31. The van der Waals surface area contributed by atoms with Crippen LogP contribution < -0.4 is 14.9 Å². The highest BCUT2D eigenvalue weighted by Crippen LogP contribution is 2.29. The van der Waals surface area contributed by atoms with E-state index >= 15 is 0 Å². The SMILES string of the molecule is CCOc1ccc(-n2c(SCC(=O)N/N=C(\C)c3cccc(OC)c3)nnc2-c2ccc(Cl)cc2)cc1. The molecule has 8 nitrogen and oxygen atoms in total. The van der Waals surface area contributed by atoms with Gasteiger partial charge in [-0.1, -0.05) is 35.5 Å². The maximum atomic E-state index is 12.6. The van der Waals surface area contributed by atoms with E-state index < -0.39 is 0 Å². The molecule has 0 aliphatic heterocycles. The lowest BCUT2D eigenvalue weighted by Crippen LogP contribution is -2.21. The maximum absolute atomic E-state index is 12.6. The predicted molar refractivity (Wildman–Crippen MR) is 147 cm³/mol. The van der Waals surface area contributed by atoms with Crippen molar-refractivity contribution < 1.29 is 14.3 Å².